The smallest absolute Gasteiger partial charge is 0.311 e. The van der Waals surface area contributed by atoms with E-state index in [4.69, 9.17) is 0 Å². The Morgan fingerprint density at radius 3 is 2.31 bits per heavy atom. The molecule has 3 rings (SSSR count). The Morgan fingerprint density at radius 1 is 0.923 bits per heavy atom. The van der Waals surface area contributed by atoms with E-state index in [0.29, 0.717) is 24.3 Å². The molecule has 0 spiro atoms. The van der Waals surface area contributed by atoms with Crippen molar-refractivity contribution in [2.45, 2.75) is 0 Å². The molecule has 3 aromatic rings. The van der Waals surface area contributed by atoms with Gasteiger partial charge in [0.15, 0.2) is 0 Å². The number of para-hydroxylation sites is 1. The largest absolute Gasteiger partial charge is 0.383 e. The molecule has 6 nitrogen and oxygen atoms in total. The molecular weight excluding hydrogens is 335 g/mol. The molecule has 0 atom stereocenters. The van der Waals surface area contributed by atoms with Gasteiger partial charge in [0.2, 0.25) is 5.82 Å². The molecule has 7 heteroatoms. The van der Waals surface area contributed by atoms with Crippen molar-refractivity contribution in [3.8, 4) is 11.3 Å². The second-order valence-electron chi connectivity index (χ2n) is 5.55. The van der Waals surface area contributed by atoms with Crippen LogP contribution in [0.2, 0.25) is 0 Å². The number of nitro groups is 1. The number of anilines is 2. The first-order chi connectivity index (χ1) is 12.6. The molecule has 0 amide bonds. The molecule has 0 aliphatic heterocycles. The number of hydrogen-bond donors (Lipinski definition) is 2. The third-order valence-electron chi connectivity index (χ3n) is 3.73. The average molecular weight is 352 g/mol. The first-order valence-corrected chi connectivity index (χ1v) is 8.07. The van der Waals surface area contributed by atoms with Crippen LogP contribution in [0.1, 0.15) is 0 Å². The fourth-order valence-electron chi connectivity index (χ4n) is 2.45. The van der Waals surface area contributed by atoms with Gasteiger partial charge in [0.25, 0.3) is 0 Å². The van der Waals surface area contributed by atoms with Crippen LogP contribution in [0.25, 0.3) is 11.3 Å². The molecule has 0 unspecified atom stereocenters. The van der Waals surface area contributed by atoms with Gasteiger partial charge in [0.1, 0.15) is 5.82 Å². The van der Waals surface area contributed by atoms with Crippen LogP contribution < -0.4 is 10.6 Å². The van der Waals surface area contributed by atoms with Crippen LogP contribution in [-0.4, -0.2) is 23.0 Å². The molecule has 1 aromatic heterocycles. The zero-order valence-corrected chi connectivity index (χ0v) is 13.9. The highest BCUT2D eigenvalue weighted by Gasteiger charge is 2.16. The van der Waals surface area contributed by atoms with Crippen molar-refractivity contribution in [2.24, 2.45) is 0 Å². The fourth-order valence-corrected chi connectivity index (χ4v) is 2.45. The monoisotopic (exact) mass is 352 g/mol. The van der Waals surface area contributed by atoms with Gasteiger partial charge < -0.3 is 10.6 Å². The summed E-state index contributed by atoms with van der Waals surface area (Å²) >= 11 is 0. The summed E-state index contributed by atoms with van der Waals surface area (Å²) in [6, 6.07) is 18.4. The lowest BCUT2D eigenvalue weighted by Crippen LogP contribution is -2.15. The van der Waals surface area contributed by atoms with Gasteiger partial charge in [-0.15, -0.1) is 0 Å². The lowest BCUT2D eigenvalue weighted by Gasteiger charge is -2.10. The van der Waals surface area contributed by atoms with E-state index < -0.39 is 4.92 Å². The molecule has 1 heterocycles. The molecule has 0 radical (unpaired) electrons. The maximum Gasteiger partial charge on any atom is 0.311 e. The molecule has 0 saturated heterocycles. The highest BCUT2D eigenvalue weighted by molar-refractivity contribution is 5.66. The van der Waals surface area contributed by atoms with Gasteiger partial charge in [-0.3, -0.25) is 10.1 Å². The van der Waals surface area contributed by atoms with Crippen LogP contribution in [0.3, 0.4) is 0 Å². The number of halogens is 1. The van der Waals surface area contributed by atoms with E-state index in [-0.39, 0.29) is 17.3 Å². The molecule has 0 saturated carbocycles. The zero-order chi connectivity index (χ0) is 18.4. The lowest BCUT2D eigenvalue weighted by molar-refractivity contribution is -0.384. The molecule has 0 aliphatic rings. The minimum Gasteiger partial charge on any atom is -0.383 e. The molecule has 0 bridgehead atoms. The third kappa shape index (κ3) is 4.32. The maximum atomic E-state index is 13.1. The second-order valence-corrected chi connectivity index (χ2v) is 5.55. The Balaban J connectivity index is 1.72. The van der Waals surface area contributed by atoms with Crippen molar-refractivity contribution in [3.63, 3.8) is 0 Å². The van der Waals surface area contributed by atoms with Gasteiger partial charge >= 0.3 is 5.69 Å². The number of nitrogens with zero attached hydrogens (tertiary/aromatic N) is 2. The van der Waals surface area contributed by atoms with Crippen molar-refractivity contribution in [3.05, 3.63) is 82.7 Å². The summed E-state index contributed by atoms with van der Waals surface area (Å²) in [7, 11) is 0. The minimum absolute atomic E-state index is 0.101. The fraction of sp³-hybridized carbons (Fsp3) is 0.105. The maximum absolute atomic E-state index is 13.1. The van der Waals surface area contributed by atoms with Crippen molar-refractivity contribution < 1.29 is 9.31 Å². The topological polar surface area (TPSA) is 80.1 Å². The quantitative estimate of drug-likeness (QED) is 0.376. The number of rotatable bonds is 7. The van der Waals surface area contributed by atoms with Crippen LogP contribution in [0.4, 0.5) is 21.6 Å². The Morgan fingerprint density at radius 2 is 1.62 bits per heavy atom. The Bertz CT molecular complexity index is 886. The molecule has 0 fully saturated rings. The van der Waals surface area contributed by atoms with E-state index in [0.717, 1.165) is 5.69 Å². The number of hydrogen-bond acceptors (Lipinski definition) is 5. The zero-order valence-electron chi connectivity index (χ0n) is 13.9. The van der Waals surface area contributed by atoms with Gasteiger partial charge in [0, 0.05) is 30.4 Å². The first-order valence-electron chi connectivity index (χ1n) is 8.07. The highest BCUT2D eigenvalue weighted by Crippen LogP contribution is 2.26. The summed E-state index contributed by atoms with van der Waals surface area (Å²) in [5, 5.41) is 17.4. The highest BCUT2D eigenvalue weighted by atomic mass is 19.1. The SMILES string of the molecule is O=[N+]([O-])c1ccc(-c2ccc(F)cc2)nc1NCCNc1ccccc1. The van der Waals surface area contributed by atoms with Crippen molar-refractivity contribution in [1.82, 2.24) is 4.98 Å². The number of pyridine rings is 1. The lowest BCUT2D eigenvalue weighted by atomic mass is 10.1. The van der Waals surface area contributed by atoms with E-state index in [1.165, 1.54) is 18.2 Å². The number of aromatic nitrogens is 1. The van der Waals surface area contributed by atoms with Crippen molar-refractivity contribution >= 4 is 17.2 Å². The van der Waals surface area contributed by atoms with Gasteiger partial charge in [-0.2, -0.15) is 0 Å². The van der Waals surface area contributed by atoms with Crippen LogP contribution in [0.15, 0.2) is 66.7 Å². The summed E-state index contributed by atoms with van der Waals surface area (Å²) in [5.74, 6) is -0.160. The Labute approximate surface area is 149 Å². The van der Waals surface area contributed by atoms with Gasteiger partial charge in [-0.05, 0) is 42.5 Å². The normalized spacial score (nSPS) is 10.3. The van der Waals surface area contributed by atoms with E-state index in [1.807, 2.05) is 30.3 Å². The molecule has 2 N–H and O–H groups in total. The number of benzene rings is 2. The summed E-state index contributed by atoms with van der Waals surface area (Å²) in [6.45, 7) is 1.03. The summed E-state index contributed by atoms with van der Waals surface area (Å²) in [6.07, 6.45) is 0. The van der Waals surface area contributed by atoms with E-state index in [2.05, 4.69) is 15.6 Å². The Kier molecular flexibility index (Phi) is 5.38. The average Bonchev–Trinajstić information content (AvgIpc) is 2.66. The predicted molar refractivity (Wildman–Crippen MR) is 99.7 cm³/mol. The first kappa shape index (κ1) is 17.3. The van der Waals surface area contributed by atoms with E-state index >= 15 is 0 Å². The van der Waals surface area contributed by atoms with Gasteiger partial charge in [0.05, 0.1) is 10.6 Å². The van der Waals surface area contributed by atoms with Crippen molar-refractivity contribution in [1.29, 1.82) is 0 Å². The van der Waals surface area contributed by atoms with Gasteiger partial charge in [-0.25, -0.2) is 9.37 Å². The van der Waals surface area contributed by atoms with Gasteiger partial charge in [-0.1, -0.05) is 18.2 Å². The molecular formula is C19H17FN4O2. The van der Waals surface area contributed by atoms with Crippen LogP contribution in [0.5, 0.6) is 0 Å². The van der Waals surface area contributed by atoms with Crippen LogP contribution >= 0.6 is 0 Å². The van der Waals surface area contributed by atoms with Crippen molar-refractivity contribution in [2.75, 3.05) is 23.7 Å². The molecule has 26 heavy (non-hydrogen) atoms. The number of nitrogens with one attached hydrogen (secondary N) is 2. The van der Waals surface area contributed by atoms with Crippen LogP contribution in [-0.2, 0) is 0 Å². The van der Waals surface area contributed by atoms with E-state index in [1.54, 1.807) is 18.2 Å². The molecule has 2 aromatic carbocycles. The molecule has 0 aliphatic carbocycles. The minimum atomic E-state index is -0.478. The second kappa shape index (κ2) is 8.06. The van der Waals surface area contributed by atoms with E-state index in [9.17, 15) is 14.5 Å². The predicted octanol–water partition coefficient (Wildman–Crippen LogP) is 4.32. The standard InChI is InChI=1S/C19H17FN4O2/c20-15-8-6-14(7-9-15)17-10-11-18(24(25)26)19(23-17)22-13-12-21-16-4-2-1-3-5-16/h1-11,21H,12-13H2,(H,22,23). The summed E-state index contributed by atoms with van der Waals surface area (Å²) in [4.78, 5) is 15.1. The molecule has 132 valence electrons. The summed E-state index contributed by atoms with van der Waals surface area (Å²) < 4.78 is 13.1. The summed E-state index contributed by atoms with van der Waals surface area (Å²) in [5.41, 5.74) is 2.09. The Hall–Kier alpha value is -3.48. The van der Waals surface area contributed by atoms with Crippen LogP contribution in [0, 0.1) is 15.9 Å². The third-order valence-corrected chi connectivity index (χ3v) is 3.73.